The van der Waals surface area contributed by atoms with E-state index in [1.165, 1.54) is 0 Å². The number of ether oxygens (including phenoxy) is 1. The highest BCUT2D eigenvalue weighted by atomic mass is 16.5. The van der Waals surface area contributed by atoms with Crippen molar-refractivity contribution in [1.82, 2.24) is 9.80 Å². The van der Waals surface area contributed by atoms with E-state index in [-0.39, 0.29) is 11.5 Å². The number of allylic oxidation sites excluding steroid dienone is 2. The fraction of sp³-hybridized carbons (Fsp3) is 0.609. The number of rotatable bonds is 2. The molecule has 1 heterocycles. The Hall–Kier alpha value is -1.81. The van der Waals surface area contributed by atoms with E-state index < -0.39 is 0 Å². The van der Waals surface area contributed by atoms with Gasteiger partial charge in [-0.25, -0.2) is 0 Å². The largest absolute Gasteiger partial charge is 0.485 e. The summed E-state index contributed by atoms with van der Waals surface area (Å²) in [6, 6.07) is 8.90. The first kappa shape index (κ1) is 18.5. The third kappa shape index (κ3) is 3.91. The molecule has 0 radical (unpaired) electrons. The van der Waals surface area contributed by atoms with Crippen LogP contribution in [0, 0.1) is 5.92 Å². The van der Waals surface area contributed by atoms with Gasteiger partial charge in [0.05, 0.1) is 6.54 Å². The summed E-state index contributed by atoms with van der Waals surface area (Å²) in [5.74, 6) is 1.42. The van der Waals surface area contributed by atoms with E-state index in [0.29, 0.717) is 18.5 Å². The van der Waals surface area contributed by atoms with Crippen LogP contribution < -0.4 is 4.74 Å². The number of hydrogen-bond acceptors (Lipinski definition) is 3. The molecule has 0 N–H and O–H groups in total. The van der Waals surface area contributed by atoms with Crippen molar-refractivity contribution in [2.75, 3.05) is 20.6 Å². The predicted molar refractivity (Wildman–Crippen MR) is 108 cm³/mol. The molecule has 1 aliphatic heterocycles. The molecule has 1 aromatic rings. The van der Waals surface area contributed by atoms with E-state index in [1.54, 1.807) is 0 Å². The number of hydrogen-bond donors (Lipinski definition) is 0. The van der Waals surface area contributed by atoms with Gasteiger partial charge in [-0.05, 0) is 65.1 Å². The number of benzene rings is 1. The second-order valence-electron chi connectivity index (χ2n) is 8.76. The number of nitrogens with zero attached hydrogens (tertiary/aromatic N) is 2. The van der Waals surface area contributed by atoms with Gasteiger partial charge >= 0.3 is 0 Å². The first-order valence-electron chi connectivity index (χ1n) is 10.4. The summed E-state index contributed by atoms with van der Waals surface area (Å²) in [5.41, 5.74) is 0.906. The summed E-state index contributed by atoms with van der Waals surface area (Å²) < 4.78 is 6.65. The third-order valence-electron chi connectivity index (χ3n) is 6.67. The molecule has 27 heavy (non-hydrogen) atoms. The molecule has 0 bridgehead atoms. The molecule has 3 aliphatic rings. The maximum Gasteiger partial charge on any atom is 0.226 e. The van der Waals surface area contributed by atoms with Crippen LogP contribution in [0.2, 0.25) is 0 Å². The molecule has 1 atom stereocenters. The normalized spacial score (nSPS) is 30.7. The summed E-state index contributed by atoms with van der Waals surface area (Å²) in [5, 5.41) is 0. The number of para-hydroxylation sites is 1. The Kier molecular flexibility index (Phi) is 5.27. The SMILES string of the molecule is CN(C)C1CCC2(CC1)CN(C(=O)[C@H]1CC=CCC1)Cc1ccccc1O2. The van der Waals surface area contributed by atoms with Crippen molar-refractivity contribution in [2.45, 2.75) is 63.1 Å². The van der Waals surface area contributed by atoms with E-state index in [1.807, 2.05) is 6.07 Å². The first-order chi connectivity index (χ1) is 13.1. The Bertz CT molecular complexity index is 704. The van der Waals surface area contributed by atoms with Gasteiger partial charge in [-0.1, -0.05) is 30.4 Å². The van der Waals surface area contributed by atoms with Gasteiger partial charge in [0, 0.05) is 24.1 Å². The van der Waals surface area contributed by atoms with Crippen LogP contribution in [0.25, 0.3) is 0 Å². The molecule has 2 aliphatic carbocycles. The van der Waals surface area contributed by atoms with Crippen molar-refractivity contribution in [3.63, 3.8) is 0 Å². The van der Waals surface area contributed by atoms with E-state index in [0.717, 1.165) is 62.8 Å². The number of amides is 1. The minimum Gasteiger partial charge on any atom is -0.485 e. The minimum atomic E-state index is -0.237. The molecule has 0 saturated heterocycles. The second-order valence-corrected chi connectivity index (χ2v) is 8.76. The highest BCUT2D eigenvalue weighted by molar-refractivity contribution is 5.79. The quantitative estimate of drug-likeness (QED) is 0.740. The average Bonchev–Trinajstić information content (AvgIpc) is 2.85. The van der Waals surface area contributed by atoms with Gasteiger partial charge in [-0.2, -0.15) is 0 Å². The molecule has 1 amide bonds. The summed E-state index contributed by atoms with van der Waals surface area (Å²) >= 11 is 0. The fourth-order valence-corrected chi connectivity index (χ4v) is 4.95. The summed E-state index contributed by atoms with van der Waals surface area (Å²) in [6.07, 6.45) is 11.5. The van der Waals surface area contributed by atoms with Gasteiger partial charge in [0.2, 0.25) is 5.91 Å². The highest BCUT2D eigenvalue weighted by Crippen LogP contribution is 2.39. The molecule has 0 aromatic heterocycles. The smallest absolute Gasteiger partial charge is 0.226 e. The molecule has 1 aromatic carbocycles. The summed E-state index contributed by atoms with van der Waals surface area (Å²) in [7, 11) is 4.33. The third-order valence-corrected chi connectivity index (χ3v) is 6.67. The molecule has 1 saturated carbocycles. The van der Waals surface area contributed by atoms with Crippen LogP contribution in [-0.4, -0.2) is 48.0 Å². The van der Waals surface area contributed by atoms with Gasteiger partial charge in [-0.15, -0.1) is 0 Å². The van der Waals surface area contributed by atoms with Gasteiger partial charge < -0.3 is 14.5 Å². The zero-order chi connectivity index (χ0) is 18.9. The Balaban J connectivity index is 1.59. The number of fused-ring (bicyclic) bond motifs is 1. The first-order valence-corrected chi connectivity index (χ1v) is 10.4. The molecule has 0 unspecified atom stereocenters. The molecular formula is C23H32N2O2. The Labute approximate surface area is 163 Å². The fourth-order valence-electron chi connectivity index (χ4n) is 4.95. The molecule has 146 valence electrons. The molecular weight excluding hydrogens is 336 g/mol. The van der Waals surface area contributed by atoms with Crippen molar-refractivity contribution in [1.29, 1.82) is 0 Å². The summed E-state index contributed by atoms with van der Waals surface area (Å²) in [6.45, 7) is 1.40. The highest BCUT2D eigenvalue weighted by Gasteiger charge is 2.43. The summed E-state index contributed by atoms with van der Waals surface area (Å²) in [4.78, 5) is 17.8. The zero-order valence-corrected chi connectivity index (χ0v) is 16.7. The van der Waals surface area contributed by atoms with Crippen LogP contribution in [0.15, 0.2) is 36.4 Å². The standard InChI is InChI=1S/C23H32N2O2/c1-24(2)20-12-14-23(15-13-20)17-25(22(26)18-8-4-3-5-9-18)16-19-10-6-7-11-21(19)27-23/h3-4,6-7,10-11,18,20H,5,8-9,12-17H2,1-2H3/t18-,20?,23?/m0/s1. The van der Waals surface area contributed by atoms with E-state index >= 15 is 0 Å². The minimum absolute atomic E-state index is 0.135. The molecule has 4 nitrogen and oxygen atoms in total. The van der Waals surface area contributed by atoms with E-state index in [2.05, 4.69) is 54.2 Å². The topological polar surface area (TPSA) is 32.8 Å². The Morgan fingerprint density at radius 3 is 2.63 bits per heavy atom. The molecule has 1 spiro atoms. The lowest BCUT2D eigenvalue weighted by atomic mass is 9.81. The van der Waals surface area contributed by atoms with Crippen molar-refractivity contribution < 1.29 is 9.53 Å². The van der Waals surface area contributed by atoms with Gasteiger partial charge in [0.1, 0.15) is 11.4 Å². The zero-order valence-electron chi connectivity index (χ0n) is 16.7. The predicted octanol–water partition coefficient (Wildman–Crippen LogP) is 4.01. The van der Waals surface area contributed by atoms with Crippen LogP contribution in [0.5, 0.6) is 5.75 Å². The molecule has 4 heteroatoms. The van der Waals surface area contributed by atoms with Crippen molar-refractivity contribution in [2.24, 2.45) is 5.92 Å². The maximum atomic E-state index is 13.3. The number of carbonyl (C=O) groups excluding carboxylic acids is 1. The van der Waals surface area contributed by atoms with Crippen LogP contribution in [-0.2, 0) is 11.3 Å². The molecule has 1 fully saturated rings. The van der Waals surface area contributed by atoms with Crippen LogP contribution in [0.1, 0.15) is 50.5 Å². The Morgan fingerprint density at radius 1 is 1.15 bits per heavy atom. The second kappa shape index (κ2) is 7.67. The van der Waals surface area contributed by atoms with Crippen LogP contribution in [0.4, 0.5) is 0 Å². The van der Waals surface area contributed by atoms with Crippen LogP contribution in [0.3, 0.4) is 0 Å². The molecule has 4 rings (SSSR count). The number of carbonyl (C=O) groups is 1. The lowest BCUT2D eigenvalue weighted by molar-refractivity contribution is -0.139. The maximum absolute atomic E-state index is 13.3. The van der Waals surface area contributed by atoms with Crippen LogP contribution >= 0.6 is 0 Å². The van der Waals surface area contributed by atoms with Gasteiger partial charge in [0.15, 0.2) is 0 Å². The van der Waals surface area contributed by atoms with Gasteiger partial charge in [0.25, 0.3) is 0 Å². The monoisotopic (exact) mass is 368 g/mol. The lowest BCUT2D eigenvalue weighted by Crippen LogP contribution is -2.52. The average molecular weight is 369 g/mol. The van der Waals surface area contributed by atoms with Crippen molar-refractivity contribution in [3.8, 4) is 5.75 Å². The van der Waals surface area contributed by atoms with E-state index in [4.69, 9.17) is 4.74 Å². The van der Waals surface area contributed by atoms with E-state index in [9.17, 15) is 4.79 Å². The van der Waals surface area contributed by atoms with Crippen molar-refractivity contribution in [3.05, 3.63) is 42.0 Å². The lowest BCUT2D eigenvalue weighted by Gasteiger charge is -2.43. The van der Waals surface area contributed by atoms with Crippen molar-refractivity contribution >= 4 is 5.91 Å². The Morgan fingerprint density at radius 2 is 1.93 bits per heavy atom. The van der Waals surface area contributed by atoms with Gasteiger partial charge in [-0.3, -0.25) is 4.79 Å².